The van der Waals surface area contributed by atoms with Crippen LogP contribution in [0.1, 0.15) is 16.8 Å². The Labute approximate surface area is 218 Å². The summed E-state index contributed by atoms with van der Waals surface area (Å²) in [4.78, 5) is 28.6. The summed E-state index contributed by atoms with van der Waals surface area (Å²) in [7, 11) is 1.79. The lowest BCUT2D eigenvalue weighted by Crippen LogP contribution is -2.33. The minimum atomic E-state index is -0.305. The number of thiocarbonyl (C=S) groups is 1. The summed E-state index contributed by atoms with van der Waals surface area (Å²) in [6, 6.07) is 26.8. The third kappa shape index (κ3) is 4.53. The molecule has 8 heteroatoms. The predicted octanol–water partition coefficient (Wildman–Crippen LogP) is 5.47. The van der Waals surface area contributed by atoms with E-state index in [4.69, 9.17) is 17.0 Å². The van der Waals surface area contributed by atoms with E-state index in [1.165, 1.54) is 16.7 Å². The van der Waals surface area contributed by atoms with Crippen LogP contribution in [0.25, 0.3) is 11.8 Å². The van der Waals surface area contributed by atoms with Crippen molar-refractivity contribution in [2.24, 2.45) is 7.05 Å². The van der Waals surface area contributed by atoms with E-state index in [1.54, 1.807) is 22.5 Å². The molecule has 1 saturated heterocycles. The second-order valence-corrected chi connectivity index (χ2v) is 9.95. The molecule has 6 nitrogen and oxygen atoms in total. The van der Waals surface area contributed by atoms with E-state index in [2.05, 4.69) is 0 Å². The van der Waals surface area contributed by atoms with Crippen LogP contribution >= 0.6 is 24.0 Å². The van der Waals surface area contributed by atoms with Gasteiger partial charge < -0.3 is 4.74 Å². The number of amides is 1. The van der Waals surface area contributed by atoms with Crippen molar-refractivity contribution in [3.8, 4) is 11.4 Å². The van der Waals surface area contributed by atoms with Crippen LogP contribution in [0.4, 0.5) is 5.69 Å². The molecule has 180 valence electrons. The van der Waals surface area contributed by atoms with Crippen LogP contribution < -0.4 is 15.2 Å². The molecule has 0 spiro atoms. The highest BCUT2D eigenvalue weighted by atomic mass is 32.2. The number of hydrogen-bond donors (Lipinski definition) is 0. The Morgan fingerprint density at radius 1 is 0.917 bits per heavy atom. The summed E-state index contributed by atoms with van der Waals surface area (Å²) in [6.07, 6.45) is 1.79. The second-order valence-electron chi connectivity index (χ2n) is 8.27. The Morgan fingerprint density at radius 3 is 2.22 bits per heavy atom. The number of nitrogens with zero attached hydrogens (tertiary/aromatic N) is 3. The van der Waals surface area contributed by atoms with E-state index >= 15 is 0 Å². The number of carbonyl (C=O) groups excluding carboxylic acids is 1. The van der Waals surface area contributed by atoms with Gasteiger partial charge in [-0.1, -0.05) is 84.6 Å². The topological polar surface area (TPSA) is 56.5 Å². The number of aromatic nitrogens is 2. The van der Waals surface area contributed by atoms with Gasteiger partial charge in [-0.05, 0) is 48.4 Å². The summed E-state index contributed by atoms with van der Waals surface area (Å²) >= 11 is 6.72. The van der Waals surface area contributed by atoms with Gasteiger partial charge in [-0.3, -0.25) is 19.2 Å². The molecule has 1 aliphatic heterocycles. The first kappa shape index (κ1) is 23.8. The van der Waals surface area contributed by atoms with Crippen molar-refractivity contribution in [2.45, 2.75) is 13.5 Å². The SMILES string of the molecule is Cc1c(N2C(=O)/C(=C\c3ccc(OCc4ccccc4)cc3)SC2=S)c(=O)n(-c2ccccc2)n1C. The Balaban J connectivity index is 1.38. The van der Waals surface area contributed by atoms with Gasteiger partial charge in [0.2, 0.25) is 0 Å². The summed E-state index contributed by atoms with van der Waals surface area (Å²) in [5.74, 6) is 0.436. The normalized spacial score (nSPS) is 14.6. The van der Waals surface area contributed by atoms with Gasteiger partial charge in [-0.2, -0.15) is 0 Å². The van der Waals surface area contributed by atoms with Crippen molar-refractivity contribution in [1.82, 2.24) is 9.36 Å². The molecule has 1 amide bonds. The van der Waals surface area contributed by atoms with E-state index in [0.29, 0.717) is 21.5 Å². The fourth-order valence-corrected chi connectivity index (χ4v) is 5.30. The zero-order chi connectivity index (χ0) is 25.2. The summed E-state index contributed by atoms with van der Waals surface area (Å²) in [6.45, 7) is 2.29. The van der Waals surface area contributed by atoms with E-state index in [-0.39, 0.29) is 17.2 Å². The standard InChI is InChI=1S/C28H23N3O3S2/c1-19-25(27(33)31(29(19)2)22-11-7-4-8-12-22)30-26(32)24(36-28(30)35)17-20-13-15-23(16-14-20)34-18-21-9-5-3-6-10-21/h3-17H,18H2,1-2H3/b24-17+. The number of carbonyl (C=O) groups is 1. The molecule has 0 N–H and O–H groups in total. The largest absolute Gasteiger partial charge is 0.489 e. The fraction of sp³-hybridized carbons (Fsp3) is 0.107. The van der Waals surface area contributed by atoms with Crippen molar-refractivity contribution in [2.75, 3.05) is 4.90 Å². The number of ether oxygens (including phenoxy) is 1. The minimum Gasteiger partial charge on any atom is -0.489 e. The van der Waals surface area contributed by atoms with E-state index in [0.717, 1.165) is 22.6 Å². The maximum atomic E-state index is 13.4. The molecule has 5 rings (SSSR count). The summed E-state index contributed by atoms with van der Waals surface area (Å²) in [5.41, 5.74) is 3.29. The Morgan fingerprint density at radius 2 is 1.56 bits per heavy atom. The molecule has 2 heterocycles. The molecule has 3 aromatic carbocycles. The molecule has 36 heavy (non-hydrogen) atoms. The first-order chi connectivity index (χ1) is 17.4. The molecule has 1 fully saturated rings. The number of hydrogen-bond acceptors (Lipinski definition) is 5. The molecular formula is C28H23N3O3S2. The number of benzene rings is 3. The van der Waals surface area contributed by atoms with Gasteiger partial charge in [0.05, 0.1) is 16.3 Å². The third-order valence-corrected chi connectivity index (χ3v) is 7.27. The van der Waals surface area contributed by atoms with Gasteiger partial charge in [0, 0.05) is 7.05 Å². The number of anilines is 1. The molecule has 1 aliphatic rings. The van der Waals surface area contributed by atoms with Crippen molar-refractivity contribution in [3.63, 3.8) is 0 Å². The van der Waals surface area contributed by atoms with Gasteiger partial charge in [0.15, 0.2) is 4.32 Å². The molecule has 0 bridgehead atoms. The van der Waals surface area contributed by atoms with E-state index in [9.17, 15) is 9.59 Å². The smallest absolute Gasteiger partial charge is 0.296 e. The van der Waals surface area contributed by atoms with E-state index in [1.807, 2.05) is 91.9 Å². The van der Waals surface area contributed by atoms with Crippen LogP contribution in [0.15, 0.2) is 94.6 Å². The van der Waals surface area contributed by atoms with Gasteiger partial charge in [-0.25, -0.2) is 4.68 Å². The van der Waals surface area contributed by atoms with Crippen LogP contribution in [0.2, 0.25) is 0 Å². The fourth-order valence-electron chi connectivity index (χ4n) is 4.02. The molecule has 0 saturated carbocycles. The Bertz CT molecular complexity index is 1520. The first-order valence-electron chi connectivity index (χ1n) is 11.3. The average molecular weight is 514 g/mol. The lowest BCUT2D eigenvalue weighted by Gasteiger charge is -2.12. The summed E-state index contributed by atoms with van der Waals surface area (Å²) in [5, 5.41) is 0. The first-order valence-corrected chi connectivity index (χ1v) is 12.6. The third-order valence-electron chi connectivity index (χ3n) is 5.97. The predicted molar refractivity (Wildman–Crippen MR) is 149 cm³/mol. The van der Waals surface area contributed by atoms with Gasteiger partial charge in [0.25, 0.3) is 11.5 Å². The van der Waals surface area contributed by atoms with Crippen molar-refractivity contribution in [1.29, 1.82) is 0 Å². The maximum absolute atomic E-state index is 13.4. The van der Waals surface area contributed by atoms with Gasteiger partial charge >= 0.3 is 0 Å². The van der Waals surface area contributed by atoms with Crippen LogP contribution in [-0.4, -0.2) is 19.6 Å². The molecule has 1 aromatic heterocycles. The van der Waals surface area contributed by atoms with Crippen LogP contribution in [0.5, 0.6) is 5.75 Å². The number of rotatable bonds is 6. The highest BCUT2D eigenvalue weighted by Crippen LogP contribution is 2.36. The quantitative estimate of drug-likeness (QED) is 0.253. The van der Waals surface area contributed by atoms with Crippen LogP contribution in [0.3, 0.4) is 0 Å². The van der Waals surface area contributed by atoms with Gasteiger partial charge in [-0.15, -0.1) is 0 Å². The molecule has 4 aromatic rings. The number of para-hydroxylation sites is 1. The average Bonchev–Trinajstić information content (AvgIpc) is 3.29. The molecular weight excluding hydrogens is 490 g/mol. The lowest BCUT2D eigenvalue weighted by molar-refractivity contribution is -0.113. The monoisotopic (exact) mass is 513 g/mol. The minimum absolute atomic E-state index is 0.275. The lowest BCUT2D eigenvalue weighted by atomic mass is 10.2. The van der Waals surface area contributed by atoms with Crippen molar-refractivity contribution >= 4 is 46.0 Å². The highest BCUT2D eigenvalue weighted by Gasteiger charge is 2.37. The molecule has 0 aliphatic carbocycles. The second kappa shape index (κ2) is 10.0. The van der Waals surface area contributed by atoms with Gasteiger partial charge in [0.1, 0.15) is 18.0 Å². The Kier molecular flexibility index (Phi) is 6.63. The van der Waals surface area contributed by atoms with Crippen LogP contribution in [0, 0.1) is 6.92 Å². The van der Waals surface area contributed by atoms with Crippen molar-refractivity contribution < 1.29 is 9.53 Å². The highest BCUT2D eigenvalue weighted by molar-refractivity contribution is 8.27. The van der Waals surface area contributed by atoms with E-state index < -0.39 is 0 Å². The maximum Gasteiger partial charge on any atom is 0.296 e. The van der Waals surface area contributed by atoms with Crippen molar-refractivity contribution in [3.05, 3.63) is 117 Å². The molecule has 0 radical (unpaired) electrons. The van der Waals surface area contributed by atoms with Crippen LogP contribution in [-0.2, 0) is 18.4 Å². The zero-order valence-electron chi connectivity index (χ0n) is 19.8. The zero-order valence-corrected chi connectivity index (χ0v) is 21.4. The summed E-state index contributed by atoms with van der Waals surface area (Å²) < 4.78 is 9.46. The molecule has 0 unspecified atom stereocenters. The molecule has 0 atom stereocenters. The number of thioether (sulfide) groups is 1. The Hall–Kier alpha value is -3.88.